The minimum Gasteiger partial charge on any atom is -0.368 e. The Balaban J connectivity index is 2.12. The lowest BCUT2D eigenvalue weighted by Crippen LogP contribution is -2.08. The SMILES string of the molecule is Cc1cncc(-c2nc(N)nc(-n3cccn3)n2)c1. The van der Waals surface area contributed by atoms with Gasteiger partial charge in [0.15, 0.2) is 5.82 Å². The molecule has 0 saturated heterocycles. The number of aromatic nitrogens is 6. The van der Waals surface area contributed by atoms with Crippen LogP contribution in [0.25, 0.3) is 17.3 Å². The molecule has 0 spiro atoms. The highest BCUT2D eigenvalue weighted by Crippen LogP contribution is 2.16. The van der Waals surface area contributed by atoms with Crippen LogP contribution in [0.4, 0.5) is 5.95 Å². The van der Waals surface area contributed by atoms with Gasteiger partial charge >= 0.3 is 0 Å². The van der Waals surface area contributed by atoms with Gasteiger partial charge in [-0.15, -0.1) is 0 Å². The minimum absolute atomic E-state index is 0.150. The zero-order chi connectivity index (χ0) is 13.2. The van der Waals surface area contributed by atoms with Gasteiger partial charge in [-0.2, -0.15) is 20.1 Å². The van der Waals surface area contributed by atoms with Crippen molar-refractivity contribution in [1.29, 1.82) is 0 Å². The van der Waals surface area contributed by atoms with Gasteiger partial charge in [0.1, 0.15) is 0 Å². The highest BCUT2D eigenvalue weighted by Gasteiger charge is 2.09. The first kappa shape index (κ1) is 11.3. The van der Waals surface area contributed by atoms with Crippen LogP contribution in [0.5, 0.6) is 0 Å². The van der Waals surface area contributed by atoms with E-state index in [-0.39, 0.29) is 5.95 Å². The number of aryl methyl sites for hydroxylation is 1. The summed E-state index contributed by atoms with van der Waals surface area (Å²) in [7, 11) is 0. The molecule has 2 N–H and O–H groups in total. The van der Waals surface area contributed by atoms with Gasteiger partial charge in [0.05, 0.1) is 0 Å². The van der Waals surface area contributed by atoms with Crippen molar-refractivity contribution in [1.82, 2.24) is 29.7 Å². The second-order valence-corrected chi connectivity index (χ2v) is 4.02. The van der Waals surface area contributed by atoms with Crippen LogP contribution in [0, 0.1) is 6.92 Å². The molecule has 3 heterocycles. The maximum Gasteiger partial charge on any atom is 0.255 e. The van der Waals surface area contributed by atoms with Crippen LogP contribution in [0.1, 0.15) is 5.56 Å². The number of nitrogens with two attached hydrogens (primary N) is 1. The molecule has 7 heteroatoms. The average Bonchev–Trinajstić information content (AvgIpc) is 2.92. The van der Waals surface area contributed by atoms with Crippen molar-refractivity contribution in [2.24, 2.45) is 0 Å². The minimum atomic E-state index is 0.150. The third-order valence-electron chi connectivity index (χ3n) is 2.48. The second-order valence-electron chi connectivity index (χ2n) is 4.02. The standard InChI is InChI=1S/C12H11N7/c1-8-5-9(7-14-6-8)10-16-11(13)18-12(17-10)19-4-2-3-15-19/h2-7H,1H3,(H2,13,16,17,18). The molecule has 0 amide bonds. The predicted molar refractivity (Wildman–Crippen MR) is 69.3 cm³/mol. The molecule has 7 nitrogen and oxygen atoms in total. The van der Waals surface area contributed by atoms with Gasteiger partial charge in [-0.1, -0.05) is 0 Å². The third kappa shape index (κ3) is 2.25. The smallest absolute Gasteiger partial charge is 0.255 e. The first-order chi connectivity index (χ1) is 9.22. The Morgan fingerprint density at radius 1 is 1.16 bits per heavy atom. The lowest BCUT2D eigenvalue weighted by atomic mass is 10.2. The molecule has 0 aromatic carbocycles. The normalized spacial score (nSPS) is 10.6. The van der Waals surface area contributed by atoms with E-state index in [4.69, 9.17) is 5.73 Å². The van der Waals surface area contributed by atoms with Crippen LogP contribution >= 0.6 is 0 Å². The zero-order valence-corrected chi connectivity index (χ0v) is 10.2. The monoisotopic (exact) mass is 253 g/mol. The summed E-state index contributed by atoms with van der Waals surface area (Å²) in [6.45, 7) is 1.95. The fraction of sp³-hybridized carbons (Fsp3) is 0.0833. The van der Waals surface area contributed by atoms with Crippen LogP contribution in [0.2, 0.25) is 0 Å². The van der Waals surface area contributed by atoms with E-state index >= 15 is 0 Å². The zero-order valence-electron chi connectivity index (χ0n) is 10.2. The molecule has 19 heavy (non-hydrogen) atoms. The Morgan fingerprint density at radius 2 is 2.05 bits per heavy atom. The highest BCUT2D eigenvalue weighted by molar-refractivity contribution is 5.56. The first-order valence-corrected chi connectivity index (χ1v) is 5.66. The molecule has 3 aromatic heterocycles. The van der Waals surface area contributed by atoms with Gasteiger partial charge in [-0.3, -0.25) is 4.98 Å². The van der Waals surface area contributed by atoms with Gasteiger partial charge in [-0.25, -0.2) is 4.68 Å². The number of hydrogen-bond acceptors (Lipinski definition) is 6. The molecular weight excluding hydrogens is 242 g/mol. The largest absolute Gasteiger partial charge is 0.368 e. The van der Waals surface area contributed by atoms with Crippen LogP contribution in [0.3, 0.4) is 0 Å². The molecule has 0 aliphatic rings. The molecule has 3 rings (SSSR count). The van der Waals surface area contributed by atoms with Crippen LogP contribution < -0.4 is 5.73 Å². The molecule has 0 fully saturated rings. The summed E-state index contributed by atoms with van der Waals surface area (Å²) in [5, 5.41) is 4.07. The number of rotatable bonds is 2. The van der Waals surface area contributed by atoms with Gasteiger partial charge in [0, 0.05) is 30.4 Å². The first-order valence-electron chi connectivity index (χ1n) is 5.66. The summed E-state index contributed by atoms with van der Waals surface area (Å²) >= 11 is 0. The van der Waals surface area contributed by atoms with Gasteiger partial charge < -0.3 is 5.73 Å². The fourth-order valence-electron chi connectivity index (χ4n) is 1.68. The Labute approximate surface area is 109 Å². The van der Waals surface area contributed by atoms with E-state index in [1.54, 1.807) is 30.9 Å². The molecule has 0 bridgehead atoms. The van der Waals surface area contributed by atoms with Gasteiger partial charge in [0.2, 0.25) is 5.95 Å². The average molecular weight is 253 g/mol. The van der Waals surface area contributed by atoms with Crippen LogP contribution in [-0.4, -0.2) is 29.7 Å². The van der Waals surface area contributed by atoms with Crippen molar-refractivity contribution in [2.75, 3.05) is 5.73 Å². The summed E-state index contributed by atoms with van der Waals surface area (Å²) in [6, 6.07) is 3.72. The Hall–Kier alpha value is -2.83. The van der Waals surface area contributed by atoms with E-state index in [1.807, 2.05) is 13.0 Å². The van der Waals surface area contributed by atoms with E-state index in [0.29, 0.717) is 11.8 Å². The molecule has 3 aromatic rings. The number of pyridine rings is 1. The van der Waals surface area contributed by atoms with E-state index in [2.05, 4.69) is 25.0 Å². The Kier molecular flexibility index (Phi) is 2.64. The topological polar surface area (TPSA) is 95.4 Å². The van der Waals surface area contributed by atoms with Crippen LogP contribution in [-0.2, 0) is 0 Å². The maximum atomic E-state index is 5.72. The number of nitrogen functional groups attached to an aromatic ring is 1. The third-order valence-corrected chi connectivity index (χ3v) is 2.48. The number of hydrogen-bond donors (Lipinski definition) is 1. The second kappa shape index (κ2) is 4.45. The van der Waals surface area contributed by atoms with E-state index < -0.39 is 0 Å². The molecule has 0 aliphatic heterocycles. The van der Waals surface area contributed by atoms with E-state index in [1.165, 1.54) is 4.68 Å². The lowest BCUT2D eigenvalue weighted by molar-refractivity contribution is 0.801. The number of anilines is 1. The molecule has 0 atom stereocenters. The van der Waals surface area contributed by atoms with Crippen molar-refractivity contribution in [3.05, 3.63) is 42.5 Å². The number of nitrogens with zero attached hydrogens (tertiary/aromatic N) is 6. The summed E-state index contributed by atoms with van der Waals surface area (Å²) in [5.74, 6) is 1.01. The summed E-state index contributed by atoms with van der Waals surface area (Å²) in [6.07, 6.45) is 6.85. The van der Waals surface area contributed by atoms with E-state index in [9.17, 15) is 0 Å². The Morgan fingerprint density at radius 3 is 2.79 bits per heavy atom. The summed E-state index contributed by atoms with van der Waals surface area (Å²) < 4.78 is 1.53. The van der Waals surface area contributed by atoms with Gasteiger partial charge in [-0.05, 0) is 24.6 Å². The lowest BCUT2D eigenvalue weighted by Gasteiger charge is -2.05. The summed E-state index contributed by atoms with van der Waals surface area (Å²) in [4.78, 5) is 16.7. The van der Waals surface area contributed by atoms with E-state index in [0.717, 1.165) is 11.1 Å². The molecule has 94 valence electrons. The molecule has 0 saturated carbocycles. The highest BCUT2D eigenvalue weighted by atomic mass is 15.4. The van der Waals surface area contributed by atoms with Crippen molar-refractivity contribution in [2.45, 2.75) is 6.92 Å². The summed E-state index contributed by atoms with van der Waals surface area (Å²) in [5.41, 5.74) is 7.54. The molecular formula is C12H11N7. The predicted octanol–water partition coefficient (Wildman–Crippen LogP) is 1.01. The molecule has 0 radical (unpaired) electrons. The maximum absolute atomic E-state index is 5.72. The van der Waals surface area contributed by atoms with Crippen LogP contribution in [0.15, 0.2) is 36.9 Å². The molecule has 0 aliphatic carbocycles. The fourth-order valence-corrected chi connectivity index (χ4v) is 1.68. The van der Waals surface area contributed by atoms with Crippen molar-refractivity contribution in [3.63, 3.8) is 0 Å². The van der Waals surface area contributed by atoms with Crippen molar-refractivity contribution >= 4 is 5.95 Å². The molecule has 0 unspecified atom stereocenters. The Bertz CT molecular complexity index is 706. The quantitative estimate of drug-likeness (QED) is 0.732. The van der Waals surface area contributed by atoms with Gasteiger partial charge in [0.25, 0.3) is 5.95 Å². The van der Waals surface area contributed by atoms with Crippen molar-refractivity contribution in [3.8, 4) is 17.3 Å². The van der Waals surface area contributed by atoms with Crippen molar-refractivity contribution < 1.29 is 0 Å².